The molecule has 0 spiro atoms. The van der Waals surface area contributed by atoms with E-state index in [2.05, 4.69) is 5.32 Å². The Morgan fingerprint density at radius 1 is 1.16 bits per heavy atom. The van der Waals surface area contributed by atoms with Gasteiger partial charge in [-0.25, -0.2) is 0 Å². The molecule has 1 amide bonds. The fourth-order valence-corrected chi connectivity index (χ4v) is 3.48. The molecule has 0 aromatic heterocycles. The third-order valence-electron chi connectivity index (χ3n) is 4.60. The molecule has 5 heteroatoms. The van der Waals surface area contributed by atoms with Crippen molar-refractivity contribution in [2.75, 3.05) is 0 Å². The van der Waals surface area contributed by atoms with Gasteiger partial charge < -0.3 is 16.2 Å². The van der Waals surface area contributed by atoms with Crippen LogP contribution in [0.3, 0.4) is 0 Å². The molecule has 2 saturated carbocycles. The zero-order valence-electron chi connectivity index (χ0n) is 11.5. The molecule has 4 N–H and O–H groups in total. The van der Waals surface area contributed by atoms with E-state index in [1.54, 1.807) is 0 Å². The molecule has 0 aromatic rings. The minimum atomic E-state index is -0.850. The van der Waals surface area contributed by atoms with Crippen LogP contribution in [0.5, 0.6) is 0 Å². The van der Waals surface area contributed by atoms with Crippen molar-refractivity contribution in [2.24, 2.45) is 23.5 Å². The summed E-state index contributed by atoms with van der Waals surface area (Å²) in [6.45, 7) is 2.01. The highest BCUT2D eigenvalue weighted by molar-refractivity contribution is 5.85. The molecule has 0 aliphatic heterocycles. The third kappa shape index (κ3) is 3.26. The van der Waals surface area contributed by atoms with Crippen LogP contribution in [0.25, 0.3) is 0 Å². The summed E-state index contributed by atoms with van der Waals surface area (Å²) in [5, 5.41) is 12.2. The lowest BCUT2D eigenvalue weighted by atomic mass is 9.89. The summed E-state index contributed by atoms with van der Waals surface area (Å²) in [5.41, 5.74) is 6.02. The van der Waals surface area contributed by atoms with Crippen LogP contribution in [0.1, 0.15) is 45.4 Å². The van der Waals surface area contributed by atoms with E-state index in [0.29, 0.717) is 18.8 Å². The molecule has 2 fully saturated rings. The van der Waals surface area contributed by atoms with E-state index >= 15 is 0 Å². The van der Waals surface area contributed by atoms with Crippen LogP contribution in [0, 0.1) is 17.8 Å². The molecule has 2 rings (SSSR count). The summed E-state index contributed by atoms with van der Waals surface area (Å²) >= 11 is 0. The van der Waals surface area contributed by atoms with Gasteiger partial charge in [-0.15, -0.1) is 0 Å². The van der Waals surface area contributed by atoms with Crippen LogP contribution >= 0.6 is 0 Å². The van der Waals surface area contributed by atoms with E-state index in [-0.39, 0.29) is 23.9 Å². The third-order valence-corrected chi connectivity index (χ3v) is 4.60. The highest BCUT2D eigenvalue weighted by Gasteiger charge is 2.42. The molecular formula is C14H24N2O3. The molecule has 0 radical (unpaired) electrons. The van der Waals surface area contributed by atoms with E-state index < -0.39 is 11.9 Å². The maximum atomic E-state index is 12.3. The zero-order valence-corrected chi connectivity index (χ0v) is 11.5. The fourth-order valence-electron chi connectivity index (χ4n) is 3.48. The second-order valence-corrected chi connectivity index (χ2v) is 6.19. The summed E-state index contributed by atoms with van der Waals surface area (Å²) < 4.78 is 0. The topological polar surface area (TPSA) is 92.4 Å². The van der Waals surface area contributed by atoms with Gasteiger partial charge in [-0.2, -0.15) is 0 Å². The van der Waals surface area contributed by atoms with Crippen molar-refractivity contribution in [3.63, 3.8) is 0 Å². The quantitative estimate of drug-likeness (QED) is 0.715. The Labute approximate surface area is 113 Å². The summed E-state index contributed by atoms with van der Waals surface area (Å²) in [7, 11) is 0. The number of nitrogens with one attached hydrogen (secondary N) is 1. The van der Waals surface area contributed by atoms with Gasteiger partial charge >= 0.3 is 5.97 Å². The number of amides is 1. The average molecular weight is 268 g/mol. The highest BCUT2D eigenvalue weighted by Crippen LogP contribution is 2.36. The molecule has 108 valence electrons. The predicted molar refractivity (Wildman–Crippen MR) is 71.4 cm³/mol. The summed E-state index contributed by atoms with van der Waals surface area (Å²) in [5.74, 6) is -1.58. The number of carboxylic acid groups (broad SMARTS) is 1. The van der Waals surface area contributed by atoms with Crippen molar-refractivity contribution in [3.8, 4) is 0 Å². The number of nitrogens with two attached hydrogens (primary N) is 1. The van der Waals surface area contributed by atoms with Crippen molar-refractivity contribution in [2.45, 2.75) is 57.5 Å². The van der Waals surface area contributed by atoms with Crippen molar-refractivity contribution < 1.29 is 14.7 Å². The Bertz CT molecular complexity index is 359. The molecule has 5 atom stereocenters. The monoisotopic (exact) mass is 268 g/mol. The number of carboxylic acids is 1. The molecule has 0 bridgehead atoms. The lowest BCUT2D eigenvalue weighted by molar-refractivity contribution is -0.146. The van der Waals surface area contributed by atoms with Crippen molar-refractivity contribution >= 4 is 11.9 Å². The van der Waals surface area contributed by atoms with Crippen LogP contribution < -0.4 is 11.1 Å². The fraction of sp³-hybridized carbons (Fsp3) is 0.857. The van der Waals surface area contributed by atoms with E-state index in [1.165, 1.54) is 0 Å². The molecule has 0 heterocycles. The molecular weight excluding hydrogens is 244 g/mol. The number of hydrogen-bond acceptors (Lipinski definition) is 3. The number of hydrogen-bond donors (Lipinski definition) is 3. The van der Waals surface area contributed by atoms with Crippen molar-refractivity contribution in [1.82, 2.24) is 5.32 Å². The number of carbonyl (C=O) groups excluding carboxylic acids is 1. The molecule has 19 heavy (non-hydrogen) atoms. The van der Waals surface area contributed by atoms with Gasteiger partial charge in [0.05, 0.1) is 11.8 Å². The molecule has 0 saturated heterocycles. The molecule has 0 aromatic carbocycles. The van der Waals surface area contributed by atoms with Gasteiger partial charge in [0, 0.05) is 12.1 Å². The van der Waals surface area contributed by atoms with E-state index in [9.17, 15) is 14.7 Å². The van der Waals surface area contributed by atoms with Crippen LogP contribution in [0.4, 0.5) is 0 Å². The first-order valence-electron chi connectivity index (χ1n) is 7.27. The first kappa shape index (κ1) is 14.3. The van der Waals surface area contributed by atoms with Gasteiger partial charge in [0.1, 0.15) is 0 Å². The first-order valence-corrected chi connectivity index (χ1v) is 7.27. The largest absolute Gasteiger partial charge is 0.481 e. The first-order chi connectivity index (χ1) is 8.99. The minimum Gasteiger partial charge on any atom is -0.481 e. The summed E-state index contributed by atoms with van der Waals surface area (Å²) in [6.07, 6.45) is 5.32. The van der Waals surface area contributed by atoms with Crippen LogP contribution in [-0.4, -0.2) is 29.1 Å². The van der Waals surface area contributed by atoms with Gasteiger partial charge in [0.2, 0.25) is 5.91 Å². The Hall–Kier alpha value is -1.10. The normalized spacial score (nSPS) is 38.9. The van der Waals surface area contributed by atoms with E-state index in [1.807, 2.05) is 6.92 Å². The number of carbonyl (C=O) groups is 2. The smallest absolute Gasteiger partial charge is 0.307 e. The lowest BCUT2D eigenvalue weighted by Crippen LogP contribution is -2.51. The molecule has 2 aliphatic carbocycles. The van der Waals surface area contributed by atoms with Crippen molar-refractivity contribution in [1.29, 1.82) is 0 Å². The summed E-state index contributed by atoms with van der Waals surface area (Å²) in [4.78, 5) is 23.5. The standard InChI is InChI=1S/C14H24N2O3/c1-8-6-9(10(7-8)14(18)19)13(17)16-12-5-3-2-4-11(12)15/h8-12H,2-7,15H2,1H3,(H,16,17)(H,18,19). The molecule has 5 nitrogen and oxygen atoms in total. The van der Waals surface area contributed by atoms with Gasteiger partial charge in [-0.05, 0) is 31.6 Å². The number of aliphatic carboxylic acids is 1. The maximum Gasteiger partial charge on any atom is 0.307 e. The van der Waals surface area contributed by atoms with Gasteiger partial charge in [-0.1, -0.05) is 19.8 Å². The van der Waals surface area contributed by atoms with Crippen LogP contribution in [0.15, 0.2) is 0 Å². The Morgan fingerprint density at radius 2 is 1.79 bits per heavy atom. The lowest BCUT2D eigenvalue weighted by Gasteiger charge is -2.30. The maximum absolute atomic E-state index is 12.3. The van der Waals surface area contributed by atoms with Gasteiger partial charge in [0.15, 0.2) is 0 Å². The van der Waals surface area contributed by atoms with Crippen LogP contribution in [-0.2, 0) is 9.59 Å². The zero-order chi connectivity index (χ0) is 14.0. The van der Waals surface area contributed by atoms with E-state index in [0.717, 1.165) is 25.7 Å². The second kappa shape index (κ2) is 5.90. The number of rotatable bonds is 3. The average Bonchev–Trinajstić information content (AvgIpc) is 2.74. The highest BCUT2D eigenvalue weighted by atomic mass is 16.4. The predicted octanol–water partition coefficient (Wildman–Crippen LogP) is 1.12. The Kier molecular flexibility index (Phi) is 4.45. The van der Waals surface area contributed by atoms with Gasteiger partial charge in [-0.3, -0.25) is 9.59 Å². The molecule has 5 unspecified atom stereocenters. The van der Waals surface area contributed by atoms with E-state index in [4.69, 9.17) is 5.73 Å². The van der Waals surface area contributed by atoms with Crippen molar-refractivity contribution in [3.05, 3.63) is 0 Å². The summed E-state index contributed by atoms with van der Waals surface area (Å²) in [6, 6.07) is 0.0337. The Morgan fingerprint density at radius 3 is 2.42 bits per heavy atom. The van der Waals surface area contributed by atoms with Gasteiger partial charge in [0.25, 0.3) is 0 Å². The Balaban J connectivity index is 1.96. The minimum absolute atomic E-state index is 0.0137. The van der Waals surface area contributed by atoms with Crippen LogP contribution in [0.2, 0.25) is 0 Å². The SMILES string of the molecule is CC1CC(C(=O)O)C(C(=O)NC2CCCCC2N)C1. The second-order valence-electron chi connectivity index (χ2n) is 6.19. The molecule has 2 aliphatic rings.